The maximum absolute atomic E-state index is 12.1. The smallest absolute Gasteiger partial charge is 0.408 e. The molecule has 0 unspecified atom stereocenters. The molecule has 2 N–H and O–H groups in total. The maximum Gasteiger partial charge on any atom is 0.408 e. The quantitative estimate of drug-likeness (QED) is 0.779. The highest BCUT2D eigenvalue weighted by atomic mass is 35.5. The molecule has 0 spiro atoms. The first-order valence-electron chi connectivity index (χ1n) is 8.17. The van der Waals surface area contributed by atoms with Crippen LogP contribution in [-0.4, -0.2) is 29.1 Å². The summed E-state index contributed by atoms with van der Waals surface area (Å²) in [7, 11) is 0. The van der Waals surface area contributed by atoms with Crippen molar-refractivity contribution in [1.82, 2.24) is 15.6 Å². The highest BCUT2D eigenvalue weighted by Crippen LogP contribution is 2.12. The van der Waals surface area contributed by atoms with Gasteiger partial charge in [-0.3, -0.25) is 4.79 Å². The van der Waals surface area contributed by atoms with Crippen LogP contribution in [0.4, 0.5) is 4.79 Å². The normalized spacial score (nSPS) is 11.1. The summed E-state index contributed by atoms with van der Waals surface area (Å²) in [6.45, 7) is 6.09. The number of benzene rings is 1. The van der Waals surface area contributed by atoms with E-state index < -0.39 is 11.7 Å². The molecule has 1 aromatic heterocycles. The molecule has 0 aliphatic rings. The van der Waals surface area contributed by atoms with Gasteiger partial charge in [-0.25, -0.2) is 9.78 Å². The number of rotatable bonds is 6. The lowest BCUT2D eigenvalue weighted by molar-refractivity contribution is 0.0523. The van der Waals surface area contributed by atoms with Gasteiger partial charge >= 0.3 is 6.09 Å². The molecule has 0 radical (unpaired) electrons. The van der Waals surface area contributed by atoms with E-state index in [0.29, 0.717) is 28.7 Å². The van der Waals surface area contributed by atoms with E-state index in [1.165, 1.54) is 11.3 Å². The maximum atomic E-state index is 12.1. The molecular formula is C18H22ClN3O3S. The predicted octanol–water partition coefficient (Wildman–Crippen LogP) is 3.79. The van der Waals surface area contributed by atoms with Crippen LogP contribution in [0.5, 0.6) is 0 Å². The minimum atomic E-state index is -0.555. The van der Waals surface area contributed by atoms with Crippen LogP contribution in [0.15, 0.2) is 29.6 Å². The molecule has 1 heterocycles. The van der Waals surface area contributed by atoms with Gasteiger partial charge in [0.15, 0.2) is 0 Å². The zero-order chi connectivity index (χ0) is 19.2. The molecule has 8 heteroatoms. The zero-order valence-electron chi connectivity index (χ0n) is 15.0. The molecule has 2 rings (SSSR count). The standard InChI is InChI=1S/C18H22ClN3O3S/c1-18(2,3)25-17(24)21-10-15-22-14(11-26-15)16(23)20-8-7-12-5-4-6-13(19)9-12/h4-6,9,11H,7-8,10H2,1-3H3,(H,20,23)(H,21,24). The Hall–Kier alpha value is -2.12. The number of nitrogens with one attached hydrogen (secondary N) is 2. The second-order valence-electron chi connectivity index (χ2n) is 6.62. The van der Waals surface area contributed by atoms with Crippen LogP contribution in [0.3, 0.4) is 0 Å². The fourth-order valence-electron chi connectivity index (χ4n) is 2.06. The number of thiazole rings is 1. The Labute approximate surface area is 161 Å². The second kappa shape index (κ2) is 9.00. The van der Waals surface area contributed by atoms with Crippen molar-refractivity contribution in [1.29, 1.82) is 0 Å². The molecule has 6 nitrogen and oxygen atoms in total. The average Bonchev–Trinajstić information content (AvgIpc) is 3.00. The summed E-state index contributed by atoms with van der Waals surface area (Å²) in [5, 5.41) is 8.43. The van der Waals surface area contributed by atoms with Gasteiger partial charge in [0.05, 0.1) is 6.54 Å². The van der Waals surface area contributed by atoms with E-state index in [1.54, 1.807) is 26.2 Å². The largest absolute Gasteiger partial charge is 0.444 e. The van der Waals surface area contributed by atoms with Gasteiger partial charge in [-0.2, -0.15) is 0 Å². The van der Waals surface area contributed by atoms with E-state index in [0.717, 1.165) is 5.56 Å². The number of hydrogen-bond acceptors (Lipinski definition) is 5. The fourth-order valence-corrected chi connectivity index (χ4v) is 2.99. The first-order chi connectivity index (χ1) is 12.2. The summed E-state index contributed by atoms with van der Waals surface area (Å²) in [6.07, 6.45) is 0.170. The van der Waals surface area contributed by atoms with E-state index in [2.05, 4.69) is 15.6 Å². The Balaban J connectivity index is 1.77. The molecule has 0 aliphatic heterocycles. The van der Waals surface area contributed by atoms with E-state index in [9.17, 15) is 9.59 Å². The van der Waals surface area contributed by atoms with Crippen molar-refractivity contribution in [3.63, 3.8) is 0 Å². The topological polar surface area (TPSA) is 80.3 Å². The minimum absolute atomic E-state index is 0.218. The summed E-state index contributed by atoms with van der Waals surface area (Å²) in [5.41, 5.74) is 0.835. The van der Waals surface area contributed by atoms with Gasteiger partial charge in [0.2, 0.25) is 0 Å². The molecule has 0 fully saturated rings. The van der Waals surface area contributed by atoms with Crippen LogP contribution in [-0.2, 0) is 17.7 Å². The SMILES string of the molecule is CC(C)(C)OC(=O)NCc1nc(C(=O)NCCc2cccc(Cl)c2)cs1. The van der Waals surface area contributed by atoms with Crippen molar-refractivity contribution in [2.75, 3.05) is 6.54 Å². The summed E-state index contributed by atoms with van der Waals surface area (Å²) in [4.78, 5) is 28.0. The van der Waals surface area contributed by atoms with Crippen LogP contribution in [0, 0.1) is 0 Å². The molecule has 2 aromatic rings. The van der Waals surface area contributed by atoms with E-state index >= 15 is 0 Å². The molecule has 1 aromatic carbocycles. The lowest BCUT2D eigenvalue weighted by Crippen LogP contribution is -2.32. The highest BCUT2D eigenvalue weighted by Gasteiger charge is 2.16. The van der Waals surface area contributed by atoms with Crippen LogP contribution >= 0.6 is 22.9 Å². The van der Waals surface area contributed by atoms with Gasteiger partial charge in [-0.05, 0) is 44.9 Å². The third kappa shape index (κ3) is 7.01. The van der Waals surface area contributed by atoms with Crippen LogP contribution in [0.25, 0.3) is 0 Å². The Morgan fingerprint density at radius 1 is 1.27 bits per heavy atom. The van der Waals surface area contributed by atoms with Gasteiger partial charge in [0, 0.05) is 16.9 Å². The molecule has 2 amide bonds. The lowest BCUT2D eigenvalue weighted by atomic mass is 10.1. The van der Waals surface area contributed by atoms with Crippen LogP contribution < -0.4 is 10.6 Å². The number of halogens is 1. The van der Waals surface area contributed by atoms with Gasteiger partial charge in [-0.15, -0.1) is 11.3 Å². The van der Waals surface area contributed by atoms with Crippen molar-refractivity contribution in [2.45, 2.75) is 39.3 Å². The monoisotopic (exact) mass is 395 g/mol. The van der Waals surface area contributed by atoms with Crippen LogP contribution in [0.1, 0.15) is 41.8 Å². The molecule has 0 atom stereocenters. The number of hydrogen-bond donors (Lipinski definition) is 2. The molecule has 0 saturated heterocycles. The summed E-state index contributed by atoms with van der Waals surface area (Å²) < 4.78 is 5.16. The van der Waals surface area contributed by atoms with Crippen molar-refractivity contribution >= 4 is 34.9 Å². The van der Waals surface area contributed by atoms with E-state index in [1.807, 2.05) is 24.3 Å². The third-order valence-corrected chi connectivity index (χ3v) is 4.24. The Bertz CT molecular complexity index is 771. The third-order valence-electron chi connectivity index (χ3n) is 3.16. The molecule has 0 aliphatic carbocycles. The number of nitrogens with zero attached hydrogens (tertiary/aromatic N) is 1. The number of carbonyl (C=O) groups is 2. The molecular weight excluding hydrogens is 374 g/mol. The first-order valence-corrected chi connectivity index (χ1v) is 9.42. The number of aromatic nitrogens is 1. The molecule has 26 heavy (non-hydrogen) atoms. The number of amides is 2. The summed E-state index contributed by atoms with van der Waals surface area (Å²) >= 11 is 7.25. The summed E-state index contributed by atoms with van der Waals surface area (Å²) in [5.74, 6) is -0.244. The van der Waals surface area contributed by atoms with Gasteiger partial charge in [0.1, 0.15) is 16.3 Å². The second-order valence-corrected chi connectivity index (χ2v) is 8.00. The number of carbonyl (C=O) groups excluding carboxylic acids is 2. The highest BCUT2D eigenvalue weighted by molar-refractivity contribution is 7.09. The average molecular weight is 396 g/mol. The van der Waals surface area contributed by atoms with E-state index in [-0.39, 0.29) is 12.5 Å². The Kier molecular flexibility index (Phi) is 6.99. The summed E-state index contributed by atoms with van der Waals surface area (Å²) in [6, 6.07) is 7.52. The molecule has 140 valence electrons. The lowest BCUT2D eigenvalue weighted by Gasteiger charge is -2.19. The fraction of sp³-hybridized carbons (Fsp3) is 0.389. The number of alkyl carbamates (subject to hydrolysis) is 1. The van der Waals surface area contributed by atoms with Crippen molar-refractivity contribution < 1.29 is 14.3 Å². The van der Waals surface area contributed by atoms with Crippen molar-refractivity contribution in [3.8, 4) is 0 Å². The van der Waals surface area contributed by atoms with Crippen molar-refractivity contribution in [2.24, 2.45) is 0 Å². The first kappa shape index (κ1) is 20.2. The molecule has 0 bridgehead atoms. The number of ether oxygens (including phenoxy) is 1. The minimum Gasteiger partial charge on any atom is -0.444 e. The zero-order valence-corrected chi connectivity index (χ0v) is 16.5. The predicted molar refractivity (Wildman–Crippen MR) is 103 cm³/mol. The molecule has 0 saturated carbocycles. The van der Waals surface area contributed by atoms with Gasteiger partial charge in [-0.1, -0.05) is 23.7 Å². The van der Waals surface area contributed by atoms with Crippen molar-refractivity contribution in [3.05, 3.63) is 50.9 Å². The Morgan fingerprint density at radius 2 is 2.04 bits per heavy atom. The van der Waals surface area contributed by atoms with E-state index in [4.69, 9.17) is 16.3 Å². The van der Waals surface area contributed by atoms with Gasteiger partial charge < -0.3 is 15.4 Å². The Morgan fingerprint density at radius 3 is 2.73 bits per heavy atom. The van der Waals surface area contributed by atoms with Gasteiger partial charge in [0.25, 0.3) is 5.91 Å². The van der Waals surface area contributed by atoms with Crippen LogP contribution in [0.2, 0.25) is 5.02 Å².